The molecule has 0 radical (unpaired) electrons. The minimum atomic E-state index is -0.802. The zero-order chi connectivity index (χ0) is 8.70. The van der Waals surface area contributed by atoms with Crippen LogP contribution in [-0.4, -0.2) is 25.8 Å². The van der Waals surface area contributed by atoms with Crippen LogP contribution in [0, 0.1) is 5.92 Å². The molecule has 3 nitrogen and oxygen atoms in total. The van der Waals surface area contributed by atoms with Crippen molar-refractivity contribution in [2.24, 2.45) is 5.92 Å². The van der Waals surface area contributed by atoms with Crippen molar-refractivity contribution in [1.82, 2.24) is 0 Å². The minimum absolute atomic E-state index is 0.133. The van der Waals surface area contributed by atoms with Gasteiger partial charge in [-0.3, -0.25) is 0 Å². The highest BCUT2D eigenvalue weighted by Crippen LogP contribution is 2.47. The van der Waals surface area contributed by atoms with Crippen LogP contribution >= 0.6 is 0 Å². The van der Waals surface area contributed by atoms with Crippen molar-refractivity contribution in [2.45, 2.75) is 32.3 Å². The Morgan fingerprint density at radius 2 is 1.64 bits per heavy atom. The lowest BCUT2D eigenvalue weighted by Crippen LogP contribution is -2.66. The minimum Gasteiger partial charge on any atom is -0.331 e. The molecule has 0 aromatic carbocycles. The molecule has 0 bridgehead atoms. The van der Waals surface area contributed by atoms with Crippen LogP contribution in [0.3, 0.4) is 0 Å². The van der Waals surface area contributed by atoms with Gasteiger partial charge in [0.1, 0.15) is 0 Å². The Morgan fingerprint density at radius 3 is 1.73 bits per heavy atom. The first-order chi connectivity index (χ1) is 4.98. The van der Waals surface area contributed by atoms with Crippen LogP contribution in [0.5, 0.6) is 0 Å². The monoisotopic (exact) mass is 160 g/mol. The van der Waals surface area contributed by atoms with E-state index in [1.54, 1.807) is 14.2 Å². The molecule has 1 saturated heterocycles. The lowest BCUT2D eigenvalue weighted by Gasteiger charge is -2.55. The summed E-state index contributed by atoms with van der Waals surface area (Å²) in [6.45, 7) is 6.10. The van der Waals surface area contributed by atoms with Crippen LogP contribution in [-0.2, 0) is 14.2 Å². The Balaban J connectivity index is 2.66. The van der Waals surface area contributed by atoms with Crippen molar-refractivity contribution < 1.29 is 14.2 Å². The first-order valence-electron chi connectivity index (χ1n) is 3.79. The molecule has 1 aliphatic rings. The second-order valence-electron chi connectivity index (χ2n) is 3.44. The van der Waals surface area contributed by atoms with Crippen LogP contribution in [0.4, 0.5) is 0 Å². The van der Waals surface area contributed by atoms with Crippen molar-refractivity contribution >= 4 is 0 Å². The second-order valence-corrected chi connectivity index (χ2v) is 3.44. The van der Waals surface area contributed by atoms with E-state index in [9.17, 15) is 0 Å². The number of hydrogen-bond acceptors (Lipinski definition) is 3. The first kappa shape index (κ1) is 8.97. The highest BCUT2D eigenvalue weighted by molar-refractivity contribution is 4.93. The van der Waals surface area contributed by atoms with Crippen LogP contribution in [0.15, 0.2) is 0 Å². The van der Waals surface area contributed by atoms with Gasteiger partial charge in [-0.05, 0) is 13.8 Å². The van der Waals surface area contributed by atoms with E-state index in [0.717, 1.165) is 0 Å². The first-order valence-corrected chi connectivity index (χ1v) is 3.79. The smallest absolute Gasteiger partial charge is 0.288 e. The fraction of sp³-hybridized carbons (Fsp3) is 1.00. The summed E-state index contributed by atoms with van der Waals surface area (Å²) in [6.07, 6.45) is 0. The van der Waals surface area contributed by atoms with Gasteiger partial charge in [-0.2, -0.15) is 0 Å². The van der Waals surface area contributed by atoms with Gasteiger partial charge in [-0.25, -0.2) is 0 Å². The standard InChI is InChI=1S/C8H16O3/c1-6-7(2,3)11-8(6,9-4)10-5/h6H,1-5H3. The van der Waals surface area contributed by atoms with Crippen LogP contribution in [0.25, 0.3) is 0 Å². The Morgan fingerprint density at radius 1 is 1.18 bits per heavy atom. The summed E-state index contributed by atoms with van der Waals surface area (Å²) in [4.78, 5) is 0. The molecule has 0 aromatic heterocycles. The topological polar surface area (TPSA) is 27.7 Å². The van der Waals surface area contributed by atoms with Crippen LogP contribution in [0.1, 0.15) is 20.8 Å². The molecular formula is C8H16O3. The Bertz CT molecular complexity index is 149. The van der Waals surface area contributed by atoms with E-state index in [1.807, 2.05) is 13.8 Å². The molecule has 0 N–H and O–H groups in total. The molecule has 0 saturated carbocycles. The molecule has 0 aliphatic carbocycles. The van der Waals surface area contributed by atoms with E-state index in [1.165, 1.54) is 0 Å². The number of ether oxygens (including phenoxy) is 3. The third-order valence-corrected chi connectivity index (χ3v) is 2.55. The Labute approximate surface area is 67.6 Å². The van der Waals surface area contributed by atoms with E-state index in [-0.39, 0.29) is 11.5 Å². The predicted molar refractivity (Wildman–Crippen MR) is 41.1 cm³/mol. The highest BCUT2D eigenvalue weighted by atomic mass is 16.9. The third-order valence-electron chi connectivity index (χ3n) is 2.55. The molecular weight excluding hydrogens is 144 g/mol. The van der Waals surface area contributed by atoms with Gasteiger partial charge in [-0.1, -0.05) is 6.92 Å². The van der Waals surface area contributed by atoms with Crippen molar-refractivity contribution in [1.29, 1.82) is 0 Å². The summed E-state index contributed by atoms with van der Waals surface area (Å²) in [5.41, 5.74) is -0.133. The predicted octanol–water partition coefficient (Wildman–Crippen LogP) is 1.38. The molecule has 66 valence electrons. The summed E-state index contributed by atoms with van der Waals surface area (Å²) in [6, 6.07) is 0. The molecule has 1 atom stereocenters. The number of rotatable bonds is 2. The van der Waals surface area contributed by atoms with E-state index >= 15 is 0 Å². The number of hydrogen-bond donors (Lipinski definition) is 0. The Kier molecular flexibility index (Phi) is 1.99. The molecule has 0 aromatic rings. The quantitative estimate of drug-likeness (QED) is 0.571. The molecule has 0 amide bonds. The molecule has 1 aliphatic heterocycles. The molecule has 3 heteroatoms. The number of methoxy groups -OCH3 is 2. The molecule has 1 heterocycles. The maximum Gasteiger partial charge on any atom is 0.288 e. The summed E-state index contributed by atoms with van der Waals surface area (Å²) in [5, 5.41) is 0. The van der Waals surface area contributed by atoms with Crippen LogP contribution < -0.4 is 0 Å². The lowest BCUT2D eigenvalue weighted by atomic mass is 9.84. The third kappa shape index (κ3) is 1.08. The van der Waals surface area contributed by atoms with Gasteiger partial charge < -0.3 is 14.2 Å². The average Bonchev–Trinajstić information content (AvgIpc) is 1.99. The summed E-state index contributed by atoms with van der Waals surface area (Å²) in [5.74, 6) is -0.547. The lowest BCUT2D eigenvalue weighted by molar-refractivity contribution is -0.502. The summed E-state index contributed by atoms with van der Waals surface area (Å²) in [7, 11) is 3.18. The summed E-state index contributed by atoms with van der Waals surface area (Å²) >= 11 is 0. The van der Waals surface area contributed by atoms with Gasteiger partial charge in [-0.15, -0.1) is 0 Å². The molecule has 1 fully saturated rings. The van der Waals surface area contributed by atoms with Gasteiger partial charge in [0.25, 0.3) is 5.97 Å². The maximum atomic E-state index is 5.48. The molecule has 1 rings (SSSR count). The SMILES string of the molecule is COC1(OC)OC(C)(C)C1C. The zero-order valence-corrected chi connectivity index (χ0v) is 7.80. The van der Waals surface area contributed by atoms with Crippen molar-refractivity contribution in [3.63, 3.8) is 0 Å². The van der Waals surface area contributed by atoms with E-state index < -0.39 is 5.97 Å². The van der Waals surface area contributed by atoms with Crippen molar-refractivity contribution in [3.8, 4) is 0 Å². The largest absolute Gasteiger partial charge is 0.331 e. The van der Waals surface area contributed by atoms with E-state index in [4.69, 9.17) is 14.2 Å². The van der Waals surface area contributed by atoms with Gasteiger partial charge in [0.2, 0.25) is 0 Å². The van der Waals surface area contributed by atoms with E-state index in [2.05, 4.69) is 6.92 Å². The average molecular weight is 160 g/mol. The van der Waals surface area contributed by atoms with Gasteiger partial charge in [0, 0.05) is 14.2 Å². The maximum absolute atomic E-state index is 5.48. The van der Waals surface area contributed by atoms with E-state index in [0.29, 0.717) is 0 Å². The molecule has 1 unspecified atom stereocenters. The van der Waals surface area contributed by atoms with Crippen molar-refractivity contribution in [3.05, 3.63) is 0 Å². The molecule has 11 heavy (non-hydrogen) atoms. The Hall–Kier alpha value is -0.120. The van der Waals surface area contributed by atoms with Gasteiger partial charge >= 0.3 is 0 Å². The fourth-order valence-corrected chi connectivity index (χ4v) is 1.43. The van der Waals surface area contributed by atoms with Crippen LogP contribution in [0.2, 0.25) is 0 Å². The second kappa shape index (κ2) is 2.44. The van der Waals surface area contributed by atoms with Gasteiger partial charge in [0.15, 0.2) is 0 Å². The summed E-state index contributed by atoms with van der Waals surface area (Å²) < 4.78 is 15.7. The van der Waals surface area contributed by atoms with Gasteiger partial charge in [0.05, 0.1) is 11.5 Å². The zero-order valence-electron chi connectivity index (χ0n) is 7.80. The molecule has 0 spiro atoms. The van der Waals surface area contributed by atoms with Crippen molar-refractivity contribution in [2.75, 3.05) is 14.2 Å². The normalized spacial score (nSPS) is 33.0. The fourth-order valence-electron chi connectivity index (χ4n) is 1.43. The highest BCUT2D eigenvalue weighted by Gasteiger charge is 2.59.